The summed E-state index contributed by atoms with van der Waals surface area (Å²) in [7, 11) is 0. The summed E-state index contributed by atoms with van der Waals surface area (Å²) in [6.07, 6.45) is 1.15. The first kappa shape index (κ1) is 14.8. The molecule has 0 saturated carbocycles. The number of rotatable bonds is 4. The van der Waals surface area contributed by atoms with Gasteiger partial charge < -0.3 is 4.74 Å². The van der Waals surface area contributed by atoms with Gasteiger partial charge in [-0.15, -0.1) is 11.3 Å². The molecule has 1 atom stereocenters. The summed E-state index contributed by atoms with van der Waals surface area (Å²) in [5.74, 6) is -0.336. The number of esters is 1. The van der Waals surface area contributed by atoms with Gasteiger partial charge in [-0.25, -0.2) is 0 Å². The molecule has 0 aliphatic rings. The van der Waals surface area contributed by atoms with Crippen LogP contribution in [0, 0.1) is 6.92 Å². The van der Waals surface area contributed by atoms with E-state index in [2.05, 4.69) is 4.99 Å². The summed E-state index contributed by atoms with van der Waals surface area (Å²) >= 11 is 7.58. The summed E-state index contributed by atoms with van der Waals surface area (Å²) in [6, 6.07) is 9.38. The molecule has 0 amide bonds. The quantitative estimate of drug-likeness (QED) is 0.605. The second-order valence-corrected chi connectivity index (χ2v) is 5.64. The highest BCUT2D eigenvalue weighted by atomic mass is 35.5. The number of hydrogen-bond donors (Lipinski definition) is 0. The van der Waals surface area contributed by atoms with Crippen molar-refractivity contribution in [2.45, 2.75) is 20.0 Å². The van der Waals surface area contributed by atoms with Crippen molar-refractivity contribution < 1.29 is 9.53 Å². The molecule has 0 spiro atoms. The number of ether oxygens (including phenoxy) is 1. The molecule has 5 heteroatoms. The minimum atomic E-state index is -0.465. The van der Waals surface area contributed by atoms with Crippen LogP contribution in [0.3, 0.4) is 0 Å². The fraction of sp³-hybridized carbons (Fsp3) is 0.200. The SMILES string of the molecule is CC(=O)OC(C=Nc1ccc(C)c(Cl)c1)c1cccs1. The van der Waals surface area contributed by atoms with Gasteiger partial charge in [0.2, 0.25) is 0 Å². The Kier molecular flexibility index (Phi) is 4.93. The Morgan fingerprint density at radius 1 is 1.45 bits per heavy atom. The first-order chi connectivity index (χ1) is 9.56. The molecule has 2 rings (SSSR count). The second-order valence-electron chi connectivity index (χ2n) is 4.26. The van der Waals surface area contributed by atoms with Crippen LogP contribution in [0.2, 0.25) is 5.02 Å². The standard InChI is InChI=1S/C15H14ClNO2S/c1-10-5-6-12(8-13(10)16)17-9-14(19-11(2)18)15-4-3-7-20-15/h3-9,14H,1-2H3. The first-order valence-electron chi connectivity index (χ1n) is 6.07. The maximum atomic E-state index is 11.2. The number of aryl methyl sites for hydroxylation is 1. The third-order valence-corrected chi connectivity index (χ3v) is 3.97. The van der Waals surface area contributed by atoms with Crippen molar-refractivity contribution in [3.8, 4) is 0 Å². The normalized spacial score (nSPS) is 12.6. The van der Waals surface area contributed by atoms with E-state index in [1.165, 1.54) is 18.3 Å². The molecule has 0 aliphatic carbocycles. The van der Waals surface area contributed by atoms with Crippen LogP contribution >= 0.6 is 22.9 Å². The average molecular weight is 308 g/mol. The van der Waals surface area contributed by atoms with Crippen molar-refractivity contribution in [3.05, 3.63) is 51.2 Å². The molecular weight excluding hydrogens is 294 g/mol. The van der Waals surface area contributed by atoms with Crippen molar-refractivity contribution in [1.82, 2.24) is 0 Å². The van der Waals surface area contributed by atoms with E-state index in [-0.39, 0.29) is 5.97 Å². The lowest BCUT2D eigenvalue weighted by Gasteiger charge is -2.10. The third-order valence-electron chi connectivity index (χ3n) is 2.63. The van der Waals surface area contributed by atoms with Crippen molar-refractivity contribution >= 4 is 40.8 Å². The zero-order valence-corrected chi connectivity index (χ0v) is 12.7. The van der Waals surface area contributed by atoms with E-state index in [9.17, 15) is 4.79 Å². The molecule has 0 saturated heterocycles. The van der Waals surface area contributed by atoms with Gasteiger partial charge in [0, 0.05) is 11.9 Å². The Hall–Kier alpha value is -1.65. The molecule has 1 unspecified atom stereocenters. The van der Waals surface area contributed by atoms with E-state index < -0.39 is 6.10 Å². The topological polar surface area (TPSA) is 38.7 Å². The molecule has 2 aromatic rings. The Labute approximate surface area is 126 Å². The van der Waals surface area contributed by atoms with Gasteiger partial charge in [-0.2, -0.15) is 0 Å². The molecule has 1 aromatic heterocycles. The summed E-state index contributed by atoms with van der Waals surface area (Å²) in [6.45, 7) is 3.32. The van der Waals surface area contributed by atoms with Gasteiger partial charge in [-0.05, 0) is 36.1 Å². The second kappa shape index (κ2) is 6.68. The minimum absolute atomic E-state index is 0.336. The van der Waals surface area contributed by atoms with Crippen LogP contribution in [0.4, 0.5) is 5.69 Å². The van der Waals surface area contributed by atoms with Crippen molar-refractivity contribution in [2.24, 2.45) is 4.99 Å². The van der Waals surface area contributed by atoms with E-state index in [0.29, 0.717) is 5.02 Å². The molecule has 104 valence electrons. The summed E-state index contributed by atoms with van der Waals surface area (Å²) < 4.78 is 5.26. The molecule has 0 aliphatic heterocycles. The minimum Gasteiger partial charge on any atom is -0.451 e. The highest BCUT2D eigenvalue weighted by Crippen LogP contribution is 2.25. The van der Waals surface area contributed by atoms with Crippen LogP contribution in [0.5, 0.6) is 0 Å². The number of nitrogens with zero attached hydrogens (tertiary/aromatic N) is 1. The Balaban J connectivity index is 2.20. The molecular formula is C15H14ClNO2S. The van der Waals surface area contributed by atoms with Crippen LogP contribution < -0.4 is 0 Å². The van der Waals surface area contributed by atoms with Gasteiger partial charge in [0.15, 0.2) is 6.10 Å². The maximum Gasteiger partial charge on any atom is 0.303 e. The van der Waals surface area contributed by atoms with Gasteiger partial charge in [-0.3, -0.25) is 9.79 Å². The van der Waals surface area contributed by atoms with Crippen LogP contribution in [0.1, 0.15) is 23.5 Å². The lowest BCUT2D eigenvalue weighted by molar-refractivity contribution is -0.143. The number of carbonyl (C=O) groups is 1. The first-order valence-corrected chi connectivity index (χ1v) is 7.33. The van der Waals surface area contributed by atoms with E-state index in [0.717, 1.165) is 16.1 Å². The van der Waals surface area contributed by atoms with Crippen molar-refractivity contribution in [1.29, 1.82) is 0 Å². The van der Waals surface area contributed by atoms with Crippen molar-refractivity contribution in [3.63, 3.8) is 0 Å². The Morgan fingerprint density at radius 2 is 2.25 bits per heavy atom. The van der Waals surface area contributed by atoms with E-state index in [4.69, 9.17) is 16.3 Å². The van der Waals surface area contributed by atoms with Gasteiger partial charge in [-0.1, -0.05) is 23.7 Å². The molecule has 0 N–H and O–H groups in total. The molecule has 1 heterocycles. The highest BCUT2D eigenvalue weighted by molar-refractivity contribution is 7.10. The van der Waals surface area contributed by atoms with Crippen LogP contribution in [-0.4, -0.2) is 12.2 Å². The number of carbonyl (C=O) groups excluding carboxylic acids is 1. The summed E-state index contributed by atoms with van der Waals surface area (Å²) in [4.78, 5) is 16.4. The molecule has 0 bridgehead atoms. The fourth-order valence-corrected chi connectivity index (χ4v) is 2.50. The van der Waals surface area contributed by atoms with Crippen molar-refractivity contribution in [2.75, 3.05) is 0 Å². The van der Waals surface area contributed by atoms with Gasteiger partial charge in [0.05, 0.1) is 16.8 Å². The Morgan fingerprint density at radius 3 is 2.85 bits per heavy atom. The number of benzene rings is 1. The van der Waals surface area contributed by atoms with Gasteiger partial charge in [0.1, 0.15) is 0 Å². The van der Waals surface area contributed by atoms with Crippen LogP contribution in [0.25, 0.3) is 0 Å². The molecule has 0 fully saturated rings. The fourth-order valence-electron chi connectivity index (χ4n) is 1.61. The lowest BCUT2D eigenvalue weighted by Crippen LogP contribution is -2.08. The number of thiophene rings is 1. The predicted octanol–water partition coefficient (Wildman–Crippen LogP) is 4.72. The monoisotopic (exact) mass is 307 g/mol. The van der Waals surface area contributed by atoms with Gasteiger partial charge >= 0.3 is 5.97 Å². The number of halogens is 1. The number of aliphatic imine (C=N–C) groups is 1. The lowest BCUT2D eigenvalue weighted by atomic mass is 10.2. The maximum absolute atomic E-state index is 11.2. The van der Waals surface area contributed by atoms with Gasteiger partial charge in [0.25, 0.3) is 0 Å². The molecule has 1 aromatic carbocycles. The molecule has 20 heavy (non-hydrogen) atoms. The third kappa shape index (κ3) is 3.92. The van der Waals surface area contributed by atoms with E-state index in [1.54, 1.807) is 12.3 Å². The number of hydrogen-bond acceptors (Lipinski definition) is 4. The van der Waals surface area contributed by atoms with Crippen LogP contribution in [0.15, 0.2) is 40.7 Å². The van der Waals surface area contributed by atoms with E-state index >= 15 is 0 Å². The smallest absolute Gasteiger partial charge is 0.303 e. The highest BCUT2D eigenvalue weighted by Gasteiger charge is 2.13. The Bertz CT molecular complexity index is 623. The van der Waals surface area contributed by atoms with Crippen LogP contribution in [-0.2, 0) is 9.53 Å². The predicted molar refractivity (Wildman–Crippen MR) is 83.2 cm³/mol. The molecule has 3 nitrogen and oxygen atoms in total. The summed E-state index contributed by atoms with van der Waals surface area (Å²) in [5.41, 5.74) is 1.73. The summed E-state index contributed by atoms with van der Waals surface area (Å²) in [5, 5.41) is 2.60. The zero-order valence-electron chi connectivity index (χ0n) is 11.2. The zero-order chi connectivity index (χ0) is 14.5. The molecule has 0 radical (unpaired) electrons. The van der Waals surface area contributed by atoms with E-state index in [1.807, 2.05) is 36.6 Å². The largest absolute Gasteiger partial charge is 0.451 e. The average Bonchev–Trinajstić information content (AvgIpc) is 2.92.